The van der Waals surface area contributed by atoms with E-state index in [1.165, 1.54) is 38.2 Å². The predicted molar refractivity (Wildman–Crippen MR) is 43.5 cm³/mol. The van der Waals surface area contributed by atoms with Crippen LogP contribution in [0.25, 0.3) is 0 Å². The lowest BCUT2D eigenvalue weighted by atomic mass is 10.4. The highest BCUT2D eigenvalue weighted by Gasteiger charge is 2.11. The highest BCUT2D eigenvalue weighted by molar-refractivity contribution is 14.1. The van der Waals surface area contributed by atoms with Gasteiger partial charge in [0.05, 0.1) is 12.2 Å². The summed E-state index contributed by atoms with van der Waals surface area (Å²) in [7, 11) is 0. The molecule has 0 N–H and O–H groups in total. The number of nitrogens with zero attached hydrogens (tertiary/aromatic N) is 1. The molecular formula is C4H8INOS. The van der Waals surface area contributed by atoms with Crippen LogP contribution in [-0.4, -0.2) is 17.4 Å². The third-order valence-electron chi connectivity index (χ3n) is 1.20. The Balaban J connectivity index is 2.06. The first-order valence-electron chi connectivity index (χ1n) is 2.64. The summed E-state index contributed by atoms with van der Waals surface area (Å²) in [6.45, 7) is 2.38. The van der Waals surface area contributed by atoms with Gasteiger partial charge in [0, 0.05) is 13.1 Å². The second kappa shape index (κ2) is 3.92. The lowest BCUT2D eigenvalue weighted by Crippen LogP contribution is -2.07. The average Bonchev–Trinajstić information content (AvgIpc) is 2.19. The zero-order valence-corrected chi connectivity index (χ0v) is 7.44. The van der Waals surface area contributed by atoms with Gasteiger partial charge in [0.2, 0.25) is 0 Å². The van der Waals surface area contributed by atoms with Crippen LogP contribution in [0.15, 0.2) is 0 Å². The summed E-state index contributed by atoms with van der Waals surface area (Å²) in [6, 6.07) is 0. The third-order valence-corrected chi connectivity index (χ3v) is 2.31. The predicted octanol–water partition coefficient (Wildman–Crippen LogP) is 2.01. The van der Waals surface area contributed by atoms with E-state index in [-0.39, 0.29) is 0 Å². The molecule has 0 amide bonds. The van der Waals surface area contributed by atoms with E-state index in [9.17, 15) is 0 Å². The van der Waals surface area contributed by atoms with E-state index in [0.717, 1.165) is 0 Å². The monoisotopic (exact) mass is 245 g/mol. The fourth-order valence-electron chi connectivity index (χ4n) is 0.802. The zero-order valence-electron chi connectivity index (χ0n) is 4.47. The first-order valence-corrected chi connectivity index (χ1v) is 4.22. The molecule has 0 aromatic carbocycles. The van der Waals surface area contributed by atoms with Crippen molar-refractivity contribution in [3.05, 3.63) is 0 Å². The van der Waals surface area contributed by atoms with E-state index in [4.69, 9.17) is 2.51 Å². The molecule has 0 unspecified atom stereocenters. The SMILES string of the molecule is IOSN1CCCC1. The standard InChI is InChI=1S/C4H8INOS/c5-7-8-6-3-1-2-4-6/h1-4H2. The van der Waals surface area contributed by atoms with Gasteiger partial charge < -0.3 is 0 Å². The van der Waals surface area contributed by atoms with Crippen molar-refractivity contribution >= 4 is 35.2 Å². The molecule has 8 heavy (non-hydrogen) atoms. The van der Waals surface area contributed by atoms with Crippen molar-refractivity contribution in [3.63, 3.8) is 0 Å². The second-order valence-electron chi connectivity index (χ2n) is 1.77. The van der Waals surface area contributed by atoms with Gasteiger partial charge in [-0.05, 0) is 12.8 Å². The first kappa shape index (κ1) is 7.11. The van der Waals surface area contributed by atoms with Crippen LogP contribution in [0, 0.1) is 0 Å². The minimum Gasteiger partial charge on any atom is -0.231 e. The summed E-state index contributed by atoms with van der Waals surface area (Å²) < 4.78 is 7.07. The number of halogens is 1. The normalized spacial score (nSPS) is 22.1. The second-order valence-corrected chi connectivity index (χ2v) is 3.64. The lowest BCUT2D eigenvalue weighted by molar-refractivity contribution is 0.557. The van der Waals surface area contributed by atoms with Crippen molar-refractivity contribution in [1.29, 1.82) is 0 Å². The Morgan fingerprint density at radius 3 is 2.50 bits per heavy atom. The first-order chi connectivity index (χ1) is 3.93. The molecule has 0 spiro atoms. The Bertz CT molecular complexity index is 67.1. The Labute approximate surface area is 68.0 Å². The molecular weight excluding hydrogens is 237 g/mol. The summed E-state index contributed by atoms with van der Waals surface area (Å²) >= 11 is 3.36. The van der Waals surface area contributed by atoms with Gasteiger partial charge in [-0.15, -0.1) is 0 Å². The molecule has 0 atom stereocenters. The summed E-state index contributed by atoms with van der Waals surface area (Å²) in [4.78, 5) is 0. The molecule has 1 fully saturated rings. The van der Waals surface area contributed by atoms with Gasteiger partial charge in [-0.2, -0.15) is 0 Å². The van der Waals surface area contributed by atoms with Crippen LogP contribution in [0.5, 0.6) is 0 Å². The zero-order chi connectivity index (χ0) is 5.82. The molecule has 1 heterocycles. The maximum Gasteiger partial charge on any atom is 0.129 e. The molecule has 2 nitrogen and oxygen atoms in total. The summed E-state index contributed by atoms with van der Waals surface area (Å²) in [6.07, 6.45) is 2.65. The van der Waals surface area contributed by atoms with Gasteiger partial charge in [-0.1, -0.05) is 0 Å². The molecule has 4 heteroatoms. The molecule has 1 rings (SSSR count). The highest BCUT2D eigenvalue weighted by atomic mass is 127. The van der Waals surface area contributed by atoms with Crippen LogP contribution in [0.3, 0.4) is 0 Å². The lowest BCUT2D eigenvalue weighted by Gasteiger charge is -2.07. The Hall–Kier alpha value is 1.00. The van der Waals surface area contributed by atoms with E-state index in [2.05, 4.69) is 4.31 Å². The van der Waals surface area contributed by atoms with Gasteiger partial charge in [0.15, 0.2) is 0 Å². The van der Waals surface area contributed by atoms with E-state index in [1.807, 2.05) is 23.0 Å². The van der Waals surface area contributed by atoms with Gasteiger partial charge >= 0.3 is 0 Å². The Kier molecular flexibility index (Phi) is 3.48. The molecule has 48 valence electrons. The third kappa shape index (κ3) is 2.08. The largest absolute Gasteiger partial charge is 0.231 e. The van der Waals surface area contributed by atoms with Crippen LogP contribution >= 0.6 is 35.2 Å². The topological polar surface area (TPSA) is 12.5 Å². The van der Waals surface area contributed by atoms with Gasteiger partial charge in [-0.25, -0.2) is 6.82 Å². The van der Waals surface area contributed by atoms with E-state index in [0.29, 0.717) is 0 Å². The molecule has 0 aromatic rings. The van der Waals surface area contributed by atoms with Crippen LogP contribution in [0.2, 0.25) is 0 Å². The number of rotatable bonds is 2. The van der Waals surface area contributed by atoms with Crippen molar-refractivity contribution in [3.8, 4) is 0 Å². The minimum atomic E-state index is 1.19. The fraction of sp³-hybridized carbons (Fsp3) is 1.00. The van der Waals surface area contributed by atoms with Crippen molar-refractivity contribution in [2.45, 2.75) is 12.8 Å². The summed E-state index contributed by atoms with van der Waals surface area (Å²) in [5, 5.41) is 0. The van der Waals surface area contributed by atoms with Crippen molar-refractivity contribution in [2.75, 3.05) is 13.1 Å². The molecule has 0 saturated carbocycles. The van der Waals surface area contributed by atoms with Crippen molar-refractivity contribution < 1.29 is 2.51 Å². The summed E-state index contributed by atoms with van der Waals surface area (Å²) in [5.41, 5.74) is 0. The Morgan fingerprint density at radius 2 is 2.00 bits per heavy atom. The molecule has 1 saturated heterocycles. The highest BCUT2D eigenvalue weighted by Crippen LogP contribution is 2.20. The molecule has 0 aliphatic carbocycles. The van der Waals surface area contributed by atoms with Gasteiger partial charge in [0.1, 0.15) is 23.0 Å². The van der Waals surface area contributed by atoms with Crippen molar-refractivity contribution in [2.24, 2.45) is 0 Å². The maximum absolute atomic E-state index is 4.84. The van der Waals surface area contributed by atoms with Crippen LogP contribution < -0.4 is 0 Å². The molecule has 1 aliphatic heterocycles. The van der Waals surface area contributed by atoms with E-state index < -0.39 is 0 Å². The number of hydrogen-bond acceptors (Lipinski definition) is 3. The smallest absolute Gasteiger partial charge is 0.129 e. The van der Waals surface area contributed by atoms with Crippen LogP contribution in [0.4, 0.5) is 0 Å². The maximum atomic E-state index is 4.84. The number of hydrogen-bond donors (Lipinski definition) is 0. The molecule has 1 aliphatic rings. The van der Waals surface area contributed by atoms with Crippen LogP contribution in [0.1, 0.15) is 12.8 Å². The fourth-order valence-corrected chi connectivity index (χ4v) is 1.97. The molecule has 0 bridgehead atoms. The van der Waals surface area contributed by atoms with Gasteiger partial charge in [0.25, 0.3) is 0 Å². The Morgan fingerprint density at radius 1 is 1.38 bits per heavy atom. The molecule has 0 radical (unpaired) electrons. The van der Waals surface area contributed by atoms with E-state index in [1.54, 1.807) is 0 Å². The quantitative estimate of drug-likeness (QED) is 0.419. The average molecular weight is 245 g/mol. The van der Waals surface area contributed by atoms with Gasteiger partial charge in [-0.3, -0.25) is 0 Å². The van der Waals surface area contributed by atoms with Crippen molar-refractivity contribution in [1.82, 2.24) is 4.31 Å². The van der Waals surface area contributed by atoms with E-state index >= 15 is 0 Å². The minimum absolute atomic E-state index is 1.19. The molecule has 0 aromatic heterocycles. The summed E-state index contributed by atoms with van der Waals surface area (Å²) in [5.74, 6) is 0. The van der Waals surface area contributed by atoms with Crippen LogP contribution in [-0.2, 0) is 2.51 Å².